The second-order valence-electron chi connectivity index (χ2n) is 7.52. The molecule has 0 fully saturated rings. The molecule has 1 atom stereocenters. The van der Waals surface area contributed by atoms with Crippen LogP contribution in [-0.4, -0.2) is 31.8 Å². The molecule has 1 aliphatic heterocycles. The van der Waals surface area contributed by atoms with Crippen LogP contribution in [0.25, 0.3) is 0 Å². The van der Waals surface area contributed by atoms with Crippen LogP contribution in [0.1, 0.15) is 16.7 Å². The van der Waals surface area contributed by atoms with E-state index in [9.17, 15) is 13.2 Å². The minimum atomic E-state index is -3.92. The van der Waals surface area contributed by atoms with Gasteiger partial charge in [-0.2, -0.15) is 4.31 Å². The summed E-state index contributed by atoms with van der Waals surface area (Å²) in [7, 11) is -2.41. The molecule has 3 aromatic rings. The molecule has 1 amide bonds. The summed E-state index contributed by atoms with van der Waals surface area (Å²) in [6.07, 6.45) is 0.292. The van der Waals surface area contributed by atoms with E-state index in [-0.39, 0.29) is 23.9 Å². The molecule has 32 heavy (non-hydrogen) atoms. The van der Waals surface area contributed by atoms with Crippen LogP contribution in [-0.2, 0) is 34.3 Å². The Labute approximate surface area is 192 Å². The van der Waals surface area contributed by atoms with E-state index in [0.717, 1.165) is 16.7 Å². The highest BCUT2D eigenvalue weighted by Gasteiger charge is 2.39. The SMILES string of the molecule is COc1ccc(S(=O)(=O)N2Cc3ccccc3C[C@H]2C(=O)NCc2ccccc2Cl)cc1. The second kappa shape index (κ2) is 9.32. The van der Waals surface area contributed by atoms with Crippen LogP contribution < -0.4 is 10.1 Å². The number of amides is 1. The van der Waals surface area contributed by atoms with E-state index >= 15 is 0 Å². The zero-order valence-electron chi connectivity index (χ0n) is 17.5. The zero-order chi connectivity index (χ0) is 22.7. The normalized spacial score (nSPS) is 16.2. The van der Waals surface area contributed by atoms with Crippen LogP contribution in [0.15, 0.2) is 77.7 Å². The van der Waals surface area contributed by atoms with Gasteiger partial charge in [0, 0.05) is 18.1 Å². The fourth-order valence-corrected chi connectivity index (χ4v) is 5.57. The molecule has 0 aromatic heterocycles. The van der Waals surface area contributed by atoms with Crippen LogP contribution in [0.4, 0.5) is 0 Å². The van der Waals surface area contributed by atoms with E-state index in [2.05, 4.69) is 5.32 Å². The van der Waals surface area contributed by atoms with Crippen molar-refractivity contribution < 1.29 is 17.9 Å². The van der Waals surface area contributed by atoms with Gasteiger partial charge in [-0.15, -0.1) is 0 Å². The molecule has 0 saturated carbocycles. The van der Waals surface area contributed by atoms with Gasteiger partial charge in [-0.3, -0.25) is 4.79 Å². The predicted molar refractivity (Wildman–Crippen MR) is 123 cm³/mol. The first-order valence-corrected chi connectivity index (χ1v) is 12.0. The van der Waals surface area contributed by atoms with Crippen LogP contribution in [0, 0.1) is 0 Å². The van der Waals surface area contributed by atoms with Crippen molar-refractivity contribution in [3.63, 3.8) is 0 Å². The second-order valence-corrected chi connectivity index (χ2v) is 9.82. The average molecular weight is 471 g/mol. The third kappa shape index (κ3) is 4.50. The number of rotatable bonds is 6. The topological polar surface area (TPSA) is 75.7 Å². The number of methoxy groups -OCH3 is 1. The summed E-state index contributed by atoms with van der Waals surface area (Å²) in [5, 5.41) is 3.41. The van der Waals surface area contributed by atoms with Gasteiger partial charge in [0.05, 0.1) is 12.0 Å². The Morgan fingerprint density at radius 1 is 1.03 bits per heavy atom. The first-order valence-electron chi connectivity index (χ1n) is 10.1. The van der Waals surface area contributed by atoms with Gasteiger partial charge in [-0.1, -0.05) is 54.1 Å². The fourth-order valence-electron chi connectivity index (χ4n) is 3.80. The number of sulfonamides is 1. The summed E-state index contributed by atoms with van der Waals surface area (Å²) in [6, 6.07) is 20.1. The van der Waals surface area contributed by atoms with Crippen molar-refractivity contribution in [2.75, 3.05) is 7.11 Å². The van der Waals surface area contributed by atoms with Crippen LogP contribution in [0.3, 0.4) is 0 Å². The van der Waals surface area contributed by atoms with E-state index in [1.807, 2.05) is 42.5 Å². The quantitative estimate of drug-likeness (QED) is 0.595. The Kier molecular flexibility index (Phi) is 6.50. The standard InChI is InChI=1S/C24H23ClN2O4S/c1-31-20-10-12-21(13-11-20)32(29,30)27-16-19-8-3-2-6-17(19)14-23(27)24(28)26-15-18-7-4-5-9-22(18)25/h2-13,23H,14-16H2,1H3,(H,26,28)/t23-/m0/s1. The fraction of sp³-hybridized carbons (Fsp3) is 0.208. The van der Waals surface area contributed by atoms with Gasteiger partial charge in [0.15, 0.2) is 0 Å². The monoisotopic (exact) mass is 470 g/mol. The lowest BCUT2D eigenvalue weighted by molar-refractivity contribution is -0.125. The highest BCUT2D eigenvalue weighted by atomic mass is 35.5. The first kappa shape index (κ1) is 22.3. The maximum absolute atomic E-state index is 13.5. The first-order chi connectivity index (χ1) is 15.4. The van der Waals surface area contributed by atoms with Gasteiger partial charge in [0.25, 0.3) is 0 Å². The Morgan fingerprint density at radius 2 is 1.69 bits per heavy atom. The molecule has 6 nitrogen and oxygen atoms in total. The smallest absolute Gasteiger partial charge is 0.244 e. The van der Waals surface area contributed by atoms with Crippen molar-refractivity contribution in [3.05, 3.63) is 94.5 Å². The minimum Gasteiger partial charge on any atom is -0.497 e. The highest BCUT2D eigenvalue weighted by molar-refractivity contribution is 7.89. The third-order valence-corrected chi connectivity index (χ3v) is 7.82. The van der Waals surface area contributed by atoms with Gasteiger partial charge in [0.2, 0.25) is 15.9 Å². The van der Waals surface area contributed by atoms with Crippen LogP contribution in [0.5, 0.6) is 5.75 Å². The van der Waals surface area contributed by atoms with E-state index in [1.54, 1.807) is 18.2 Å². The molecule has 3 aromatic carbocycles. The van der Waals surface area contributed by atoms with Crippen molar-refractivity contribution in [1.29, 1.82) is 0 Å². The Hall–Kier alpha value is -2.87. The molecule has 1 N–H and O–H groups in total. The molecule has 0 aliphatic carbocycles. The molecule has 0 bridgehead atoms. The summed E-state index contributed by atoms with van der Waals surface area (Å²) in [6.45, 7) is 0.335. The van der Waals surface area contributed by atoms with E-state index in [0.29, 0.717) is 17.2 Å². The van der Waals surface area contributed by atoms with E-state index < -0.39 is 16.1 Å². The van der Waals surface area contributed by atoms with Crippen molar-refractivity contribution in [1.82, 2.24) is 9.62 Å². The van der Waals surface area contributed by atoms with Gasteiger partial charge in [-0.25, -0.2) is 8.42 Å². The Balaban J connectivity index is 1.64. The number of halogens is 1. The lowest BCUT2D eigenvalue weighted by Gasteiger charge is -2.35. The number of carbonyl (C=O) groups is 1. The summed E-state index contributed by atoms with van der Waals surface area (Å²) < 4.78 is 33.5. The largest absolute Gasteiger partial charge is 0.497 e. The lowest BCUT2D eigenvalue weighted by atomic mass is 9.95. The maximum atomic E-state index is 13.5. The van der Waals surface area contributed by atoms with Crippen LogP contribution in [0.2, 0.25) is 5.02 Å². The summed E-state index contributed by atoms with van der Waals surface area (Å²) in [5.74, 6) is 0.193. The van der Waals surface area contributed by atoms with Gasteiger partial charge in [-0.05, 0) is 53.4 Å². The van der Waals surface area contributed by atoms with Crippen molar-refractivity contribution in [3.8, 4) is 5.75 Å². The van der Waals surface area contributed by atoms with E-state index in [1.165, 1.54) is 23.5 Å². The minimum absolute atomic E-state index is 0.113. The number of benzene rings is 3. The molecule has 166 valence electrons. The number of ether oxygens (including phenoxy) is 1. The van der Waals surface area contributed by atoms with Gasteiger partial charge >= 0.3 is 0 Å². The molecule has 8 heteroatoms. The number of hydrogen-bond acceptors (Lipinski definition) is 4. The molecule has 0 spiro atoms. The third-order valence-electron chi connectivity index (χ3n) is 5.59. The summed E-state index contributed by atoms with van der Waals surface area (Å²) in [5.41, 5.74) is 2.62. The molecule has 0 saturated heterocycles. The number of nitrogens with one attached hydrogen (secondary N) is 1. The molecule has 0 radical (unpaired) electrons. The van der Waals surface area contributed by atoms with Gasteiger partial charge < -0.3 is 10.1 Å². The summed E-state index contributed by atoms with van der Waals surface area (Å²) in [4.78, 5) is 13.3. The highest BCUT2D eigenvalue weighted by Crippen LogP contribution is 2.30. The van der Waals surface area contributed by atoms with Crippen molar-refractivity contribution in [2.24, 2.45) is 0 Å². The molecule has 1 aliphatic rings. The van der Waals surface area contributed by atoms with Crippen LogP contribution >= 0.6 is 11.6 Å². The Morgan fingerprint density at radius 3 is 2.38 bits per heavy atom. The molecular formula is C24H23ClN2O4S. The molecule has 4 rings (SSSR count). The molecule has 0 unspecified atom stereocenters. The van der Waals surface area contributed by atoms with Gasteiger partial charge in [0.1, 0.15) is 11.8 Å². The van der Waals surface area contributed by atoms with E-state index in [4.69, 9.17) is 16.3 Å². The van der Waals surface area contributed by atoms with Crippen molar-refractivity contribution in [2.45, 2.75) is 30.4 Å². The number of hydrogen-bond donors (Lipinski definition) is 1. The summed E-state index contributed by atoms with van der Waals surface area (Å²) >= 11 is 6.20. The Bertz CT molecular complexity index is 1230. The number of fused-ring (bicyclic) bond motifs is 1. The number of nitrogens with zero attached hydrogens (tertiary/aromatic N) is 1. The average Bonchev–Trinajstić information content (AvgIpc) is 2.82. The van der Waals surface area contributed by atoms with Crippen molar-refractivity contribution >= 4 is 27.5 Å². The maximum Gasteiger partial charge on any atom is 0.244 e. The molecular weight excluding hydrogens is 448 g/mol. The number of carbonyl (C=O) groups excluding carboxylic acids is 1. The zero-order valence-corrected chi connectivity index (χ0v) is 19.1. The predicted octanol–water partition coefficient (Wildman–Crippen LogP) is 3.78. The molecule has 1 heterocycles. The lowest BCUT2D eigenvalue weighted by Crippen LogP contribution is -2.52.